The molecule has 0 unspecified atom stereocenters. The van der Waals surface area contributed by atoms with Gasteiger partial charge in [-0.15, -0.1) is 5.10 Å². The third-order valence-corrected chi connectivity index (χ3v) is 4.96. The number of rotatable bonds is 9. The third-order valence-electron chi connectivity index (χ3n) is 4.48. The van der Waals surface area contributed by atoms with E-state index < -0.39 is 52.9 Å². The number of fused-ring (bicyclic) bond motifs is 1. The Bertz CT molecular complexity index is 864. The number of ether oxygens (including phenoxy) is 4. The van der Waals surface area contributed by atoms with E-state index in [0.29, 0.717) is 18.5 Å². The molecule has 170 valence electrons. The molecule has 2 fully saturated rings. The summed E-state index contributed by atoms with van der Waals surface area (Å²) in [5, 5.41) is 16.7. The van der Waals surface area contributed by atoms with Gasteiger partial charge in [0.2, 0.25) is 10.4 Å². The molecule has 31 heavy (non-hydrogen) atoms. The quantitative estimate of drug-likeness (QED) is 0.159. The summed E-state index contributed by atoms with van der Waals surface area (Å²) in [7, 11) is -5.13. The molecule has 0 aliphatic carbocycles. The number of carbonyl (C=O) groups excluding carboxylic acids is 1. The van der Waals surface area contributed by atoms with Gasteiger partial charge in [-0.05, 0) is 26.7 Å². The molecular weight excluding hydrogens is 449 g/mol. The first-order chi connectivity index (χ1) is 14.0. The fourth-order valence-corrected chi connectivity index (χ4v) is 3.93. The summed E-state index contributed by atoms with van der Waals surface area (Å²) in [4.78, 5) is 11.6. The van der Waals surface area contributed by atoms with Crippen LogP contribution in [0.1, 0.15) is 32.9 Å². The second-order valence-electron chi connectivity index (χ2n) is 7.45. The van der Waals surface area contributed by atoms with Crippen molar-refractivity contribution in [3.8, 4) is 0 Å². The fourth-order valence-electron chi connectivity index (χ4n) is 3.46. The first-order valence-electron chi connectivity index (χ1n) is 9.30. The standard InChI is InChI=1S/C16H25N3O10S.Na/c1-9(21)25-13-12(26-15-14(13)27-16(2,3)28-15)11(29-30(22,23)24)8-19-7-10(17-18-19)5-4-6-20;/h7,11-15,20H,4-6,8H2,1-3H3,(H,22,23,24);/q;+1/p-1/t11-,12-,13+,14-,15-;/m1./s1. The number of esters is 1. The molecule has 0 bridgehead atoms. The van der Waals surface area contributed by atoms with Gasteiger partial charge in [0.25, 0.3) is 0 Å². The zero-order valence-electron chi connectivity index (χ0n) is 17.7. The van der Waals surface area contributed by atoms with Crippen molar-refractivity contribution in [2.75, 3.05) is 6.61 Å². The molecule has 2 aliphatic heterocycles. The van der Waals surface area contributed by atoms with Crippen molar-refractivity contribution in [3.05, 3.63) is 11.9 Å². The Kier molecular flexibility index (Phi) is 9.00. The average Bonchev–Trinajstić information content (AvgIpc) is 3.25. The van der Waals surface area contributed by atoms with E-state index in [2.05, 4.69) is 10.3 Å². The van der Waals surface area contributed by atoms with Crippen LogP contribution in [-0.4, -0.2) is 82.1 Å². The number of carbonyl (C=O) groups is 1. The number of hydrogen-bond donors (Lipinski definition) is 1. The second kappa shape index (κ2) is 10.5. The molecule has 13 nitrogen and oxygen atoms in total. The summed E-state index contributed by atoms with van der Waals surface area (Å²) < 4.78 is 62.4. The van der Waals surface area contributed by atoms with Crippen LogP contribution in [0, 0.1) is 0 Å². The maximum Gasteiger partial charge on any atom is 1.00 e. The molecule has 2 saturated heterocycles. The van der Waals surface area contributed by atoms with Gasteiger partial charge in [-0.3, -0.25) is 8.98 Å². The van der Waals surface area contributed by atoms with Gasteiger partial charge in [0.05, 0.1) is 12.2 Å². The van der Waals surface area contributed by atoms with E-state index >= 15 is 0 Å². The van der Waals surface area contributed by atoms with Gasteiger partial charge in [0.1, 0.15) is 12.2 Å². The number of aliphatic hydroxyl groups is 1. The van der Waals surface area contributed by atoms with Crippen LogP contribution in [0.15, 0.2) is 6.20 Å². The number of aliphatic hydroxyl groups excluding tert-OH is 1. The summed E-state index contributed by atoms with van der Waals surface area (Å²) in [6.45, 7) is 4.21. The Hall–Kier alpha value is -0.680. The van der Waals surface area contributed by atoms with Crippen LogP contribution in [0.5, 0.6) is 0 Å². The molecule has 0 amide bonds. The van der Waals surface area contributed by atoms with Crippen LogP contribution >= 0.6 is 0 Å². The minimum atomic E-state index is -5.13. The number of hydrogen-bond acceptors (Lipinski definition) is 12. The predicted molar refractivity (Wildman–Crippen MR) is 94.3 cm³/mol. The molecule has 15 heteroatoms. The Balaban J connectivity index is 0.00000341. The number of aryl methyl sites for hydroxylation is 1. The first kappa shape index (κ1) is 26.6. The minimum absolute atomic E-state index is 0. The summed E-state index contributed by atoms with van der Waals surface area (Å²) >= 11 is 0. The molecule has 0 aromatic carbocycles. The van der Waals surface area contributed by atoms with Crippen molar-refractivity contribution >= 4 is 16.4 Å². The summed E-state index contributed by atoms with van der Waals surface area (Å²) in [5.41, 5.74) is 0.557. The Morgan fingerprint density at radius 1 is 1.42 bits per heavy atom. The Labute approximate surface area is 201 Å². The van der Waals surface area contributed by atoms with Crippen LogP contribution in [0.2, 0.25) is 0 Å². The van der Waals surface area contributed by atoms with Gasteiger partial charge in [-0.2, -0.15) is 0 Å². The van der Waals surface area contributed by atoms with Crippen molar-refractivity contribution in [3.63, 3.8) is 0 Å². The monoisotopic (exact) mass is 473 g/mol. The van der Waals surface area contributed by atoms with Crippen molar-refractivity contribution in [2.45, 2.75) is 76.7 Å². The van der Waals surface area contributed by atoms with Gasteiger partial charge in [-0.25, -0.2) is 13.1 Å². The van der Waals surface area contributed by atoms with E-state index in [1.807, 2.05) is 0 Å². The van der Waals surface area contributed by atoms with Gasteiger partial charge in [0, 0.05) is 19.7 Å². The zero-order valence-corrected chi connectivity index (χ0v) is 20.5. The molecule has 1 N–H and O–H groups in total. The van der Waals surface area contributed by atoms with E-state index in [9.17, 15) is 17.8 Å². The van der Waals surface area contributed by atoms with Crippen LogP contribution in [-0.2, 0) is 51.3 Å². The Morgan fingerprint density at radius 2 is 2.13 bits per heavy atom. The maximum absolute atomic E-state index is 11.6. The van der Waals surface area contributed by atoms with E-state index in [1.165, 1.54) is 17.8 Å². The second-order valence-corrected chi connectivity index (χ2v) is 8.45. The molecule has 3 rings (SSSR count). The predicted octanol–water partition coefficient (Wildman–Crippen LogP) is -4.14. The molecule has 0 saturated carbocycles. The molecular formula is C16H24N3NaO10S. The largest absolute Gasteiger partial charge is 1.00 e. The van der Waals surface area contributed by atoms with E-state index in [0.717, 1.165) is 0 Å². The molecule has 3 heterocycles. The number of aromatic nitrogens is 3. The fraction of sp³-hybridized carbons (Fsp3) is 0.812. The van der Waals surface area contributed by atoms with Crippen LogP contribution < -0.4 is 29.6 Å². The third kappa shape index (κ3) is 7.15. The minimum Gasteiger partial charge on any atom is -0.726 e. The molecule has 0 radical (unpaired) electrons. The Morgan fingerprint density at radius 3 is 2.74 bits per heavy atom. The number of nitrogens with zero attached hydrogens (tertiary/aromatic N) is 3. The van der Waals surface area contributed by atoms with Crippen molar-refractivity contribution in [1.82, 2.24) is 15.0 Å². The van der Waals surface area contributed by atoms with E-state index in [-0.39, 0.29) is 42.7 Å². The first-order valence-corrected chi connectivity index (χ1v) is 10.6. The molecule has 1 aromatic heterocycles. The van der Waals surface area contributed by atoms with Gasteiger partial charge >= 0.3 is 35.5 Å². The molecule has 2 aliphatic rings. The SMILES string of the molecule is CC(=O)O[C@@H]1[C@H]2OC(C)(C)O[C@H]2O[C@@H]1[C@@H](Cn1cc(CCCO)nn1)OS(=O)(=O)[O-].[Na+]. The van der Waals surface area contributed by atoms with Crippen molar-refractivity contribution in [1.29, 1.82) is 0 Å². The molecule has 1 aromatic rings. The zero-order chi connectivity index (χ0) is 22.1. The summed E-state index contributed by atoms with van der Waals surface area (Å²) in [6, 6.07) is 0. The maximum atomic E-state index is 11.6. The van der Waals surface area contributed by atoms with Crippen LogP contribution in [0.3, 0.4) is 0 Å². The van der Waals surface area contributed by atoms with Crippen LogP contribution in [0.25, 0.3) is 0 Å². The van der Waals surface area contributed by atoms with E-state index in [1.54, 1.807) is 13.8 Å². The smallest absolute Gasteiger partial charge is 0.726 e. The van der Waals surface area contributed by atoms with Crippen molar-refractivity contribution in [2.24, 2.45) is 0 Å². The van der Waals surface area contributed by atoms with Crippen molar-refractivity contribution < 1.29 is 75.6 Å². The van der Waals surface area contributed by atoms with Gasteiger partial charge < -0.3 is 28.6 Å². The molecule has 0 spiro atoms. The molecule has 5 atom stereocenters. The topological polar surface area (TPSA) is 171 Å². The summed E-state index contributed by atoms with van der Waals surface area (Å²) in [6.07, 6.45) is -3.01. The summed E-state index contributed by atoms with van der Waals surface area (Å²) in [5.74, 6) is -1.66. The van der Waals surface area contributed by atoms with Gasteiger partial charge in [0.15, 0.2) is 24.3 Å². The van der Waals surface area contributed by atoms with Gasteiger partial charge in [-0.1, -0.05) is 5.21 Å². The normalized spacial score (nSPS) is 28.0. The van der Waals surface area contributed by atoms with Crippen LogP contribution in [0.4, 0.5) is 0 Å². The van der Waals surface area contributed by atoms with E-state index in [4.69, 9.17) is 28.2 Å². The average molecular weight is 473 g/mol.